The van der Waals surface area contributed by atoms with Crippen molar-refractivity contribution in [2.24, 2.45) is 5.92 Å². The Morgan fingerprint density at radius 3 is 2.68 bits per heavy atom. The fraction of sp³-hybridized carbons (Fsp3) is 0.462. The van der Waals surface area contributed by atoms with Crippen LogP contribution in [0.15, 0.2) is 22.7 Å². The summed E-state index contributed by atoms with van der Waals surface area (Å²) < 4.78 is 0.261. The van der Waals surface area contributed by atoms with Crippen LogP contribution in [0.2, 0.25) is 0 Å². The van der Waals surface area contributed by atoms with Crippen LogP contribution in [0.5, 0.6) is 0 Å². The second-order valence-electron chi connectivity index (χ2n) is 5.04. The molecule has 1 aromatic carbocycles. The minimum Gasteiger partial charge on any atom is -0.336 e. The Morgan fingerprint density at radius 2 is 2.16 bits per heavy atom. The summed E-state index contributed by atoms with van der Waals surface area (Å²) in [5.74, 6) is 0.323. The molecule has 5 nitrogen and oxygen atoms in total. The van der Waals surface area contributed by atoms with Crippen LogP contribution in [0.25, 0.3) is 0 Å². The highest BCUT2D eigenvalue weighted by molar-refractivity contribution is 9.10. The van der Waals surface area contributed by atoms with Gasteiger partial charge >= 0.3 is 0 Å². The van der Waals surface area contributed by atoms with Gasteiger partial charge in [0.2, 0.25) is 0 Å². The van der Waals surface area contributed by atoms with E-state index in [4.69, 9.17) is 0 Å². The summed E-state index contributed by atoms with van der Waals surface area (Å²) in [6.45, 7) is 4.81. The number of rotatable bonds is 2. The topological polar surface area (TPSA) is 63.5 Å². The molecule has 1 aromatic rings. The van der Waals surface area contributed by atoms with Crippen molar-refractivity contribution in [3.05, 3.63) is 38.3 Å². The number of benzene rings is 1. The summed E-state index contributed by atoms with van der Waals surface area (Å²) in [5.41, 5.74) is 0.279. The number of hydrogen-bond acceptors (Lipinski definition) is 3. The van der Waals surface area contributed by atoms with Gasteiger partial charge in [-0.3, -0.25) is 14.9 Å². The van der Waals surface area contributed by atoms with E-state index >= 15 is 0 Å². The van der Waals surface area contributed by atoms with Gasteiger partial charge in [0.25, 0.3) is 11.6 Å². The van der Waals surface area contributed by atoms with Crippen LogP contribution in [0.4, 0.5) is 5.69 Å². The number of carbonyl (C=O) groups is 1. The second kappa shape index (κ2) is 5.28. The molecule has 102 valence electrons. The van der Waals surface area contributed by atoms with E-state index in [2.05, 4.69) is 22.9 Å². The Hall–Kier alpha value is -1.43. The molecule has 0 saturated carbocycles. The number of nitro benzene ring substituents is 1. The van der Waals surface area contributed by atoms with Gasteiger partial charge in [-0.05, 0) is 41.3 Å². The highest BCUT2D eigenvalue weighted by Gasteiger charge is 2.32. The zero-order valence-electron chi connectivity index (χ0n) is 10.8. The smallest absolute Gasteiger partial charge is 0.284 e. The van der Waals surface area contributed by atoms with Crippen molar-refractivity contribution < 1.29 is 9.72 Å². The van der Waals surface area contributed by atoms with Crippen molar-refractivity contribution in [2.45, 2.75) is 26.3 Å². The number of hydrogen-bond donors (Lipinski definition) is 0. The number of halogens is 1. The second-order valence-corrected chi connectivity index (χ2v) is 5.84. The Bertz CT molecular complexity index is 533. The maximum Gasteiger partial charge on any atom is 0.284 e. The van der Waals surface area contributed by atoms with Gasteiger partial charge in [0.15, 0.2) is 0 Å². The largest absolute Gasteiger partial charge is 0.336 e. The van der Waals surface area contributed by atoms with Gasteiger partial charge in [0.05, 0.1) is 10.5 Å². The van der Waals surface area contributed by atoms with Crippen LogP contribution in [-0.2, 0) is 0 Å². The minimum atomic E-state index is -0.489. The Kier molecular flexibility index (Phi) is 3.89. The zero-order valence-corrected chi connectivity index (χ0v) is 12.4. The minimum absolute atomic E-state index is 0.0780. The van der Waals surface area contributed by atoms with Crippen molar-refractivity contribution in [3.8, 4) is 0 Å². The van der Waals surface area contributed by atoms with Gasteiger partial charge in [0.1, 0.15) is 4.47 Å². The van der Waals surface area contributed by atoms with Crippen LogP contribution < -0.4 is 0 Å². The molecule has 1 aliphatic heterocycles. The fourth-order valence-corrected chi connectivity index (χ4v) is 3.14. The molecular weight excluding hydrogens is 312 g/mol. The molecule has 0 aromatic heterocycles. The number of amides is 1. The Morgan fingerprint density at radius 1 is 1.47 bits per heavy atom. The van der Waals surface area contributed by atoms with E-state index in [0.29, 0.717) is 18.0 Å². The highest BCUT2D eigenvalue weighted by Crippen LogP contribution is 2.31. The molecule has 2 unspecified atom stereocenters. The molecule has 0 bridgehead atoms. The molecule has 1 saturated heterocycles. The van der Waals surface area contributed by atoms with Crippen molar-refractivity contribution in [2.75, 3.05) is 6.54 Å². The molecule has 1 amide bonds. The van der Waals surface area contributed by atoms with E-state index in [0.717, 1.165) is 6.42 Å². The first-order valence-electron chi connectivity index (χ1n) is 6.15. The van der Waals surface area contributed by atoms with Crippen molar-refractivity contribution in [1.29, 1.82) is 0 Å². The Labute approximate surface area is 119 Å². The van der Waals surface area contributed by atoms with Crippen molar-refractivity contribution in [3.63, 3.8) is 0 Å². The lowest BCUT2D eigenvalue weighted by Crippen LogP contribution is -2.34. The quantitative estimate of drug-likeness (QED) is 0.619. The predicted octanol–water partition coefficient (Wildman–Crippen LogP) is 3.23. The van der Waals surface area contributed by atoms with Gasteiger partial charge in [-0.15, -0.1) is 0 Å². The lowest BCUT2D eigenvalue weighted by molar-refractivity contribution is -0.385. The summed E-state index contributed by atoms with van der Waals surface area (Å²) in [5, 5.41) is 10.9. The molecule has 0 radical (unpaired) electrons. The normalized spacial score (nSPS) is 22.6. The SMILES string of the molecule is CC1CC(C)N(C(=O)c2cccc([N+](=O)[O-])c2Br)C1. The van der Waals surface area contributed by atoms with Gasteiger partial charge in [0, 0.05) is 18.7 Å². The molecule has 19 heavy (non-hydrogen) atoms. The van der Waals surface area contributed by atoms with Gasteiger partial charge in [-0.2, -0.15) is 0 Å². The summed E-state index contributed by atoms with van der Waals surface area (Å²) in [7, 11) is 0. The number of carbonyl (C=O) groups excluding carboxylic acids is 1. The summed E-state index contributed by atoms with van der Waals surface area (Å²) in [4.78, 5) is 24.7. The summed E-state index contributed by atoms with van der Waals surface area (Å²) >= 11 is 3.18. The van der Waals surface area contributed by atoms with Crippen LogP contribution in [0, 0.1) is 16.0 Å². The maximum atomic E-state index is 12.5. The number of nitro groups is 1. The van der Waals surface area contributed by atoms with Crippen LogP contribution in [0.1, 0.15) is 30.6 Å². The molecule has 1 fully saturated rings. The third-order valence-corrected chi connectivity index (χ3v) is 4.28. The van der Waals surface area contributed by atoms with Crippen molar-refractivity contribution >= 4 is 27.5 Å². The van der Waals surface area contributed by atoms with E-state index in [1.807, 2.05) is 6.92 Å². The maximum absolute atomic E-state index is 12.5. The molecule has 0 spiro atoms. The third-order valence-electron chi connectivity index (χ3n) is 3.45. The van der Waals surface area contributed by atoms with E-state index in [1.165, 1.54) is 6.07 Å². The lowest BCUT2D eigenvalue weighted by Gasteiger charge is -2.22. The first-order chi connectivity index (χ1) is 8.91. The van der Waals surface area contributed by atoms with Gasteiger partial charge in [-0.1, -0.05) is 13.0 Å². The third kappa shape index (κ3) is 2.63. The van der Waals surface area contributed by atoms with E-state index < -0.39 is 4.92 Å². The van der Waals surface area contributed by atoms with E-state index in [1.54, 1.807) is 17.0 Å². The standard InChI is InChI=1S/C13H15BrN2O3/c1-8-6-9(2)15(7-8)13(17)10-4-3-5-11(12(10)14)16(18)19/h3-5,8-9H,6-7H2,1-2H3. The predicted molar refractivity (Wildman–Crippen MR) is 75.1 cm³/mol. The van der Waals surface area contributed by atoms with Gasteiger partial charge < -0.3 is 4.90 Å². The molecule has 1 aliphatic rings. The lowest BCUT2D eigenvalue weighted by atomic mass is 10.1. The molecule has 1 heterocycles. The first-order valence-corrected chi connectivity index (χ1v) is 6.95. The number of nitrogens with zero attached hydrogens (tertiary/aromatic N) is 2. The highest BCUT2D eigenvalue weighted by atomic mass is 79.9. The van der Waals surface area contributed by atoms with Crippen molar-refractivity contribution in [1.82, 2.24) is 4.90 Å². The van der Waals surface area contributed by atoms with E-state index in [9.17, 15) is 14.9 Å². The summed E-state index contributed by atoms with van der Waals surface area (Å²) in [6.07, 6.45) is 0.971. The van der Waals surface area contributed by atoms with Gasteiger partial charge in [-0.25, -0.2) is 0 Å². The molecular formula is C13H15BrN2O3. The van der Waals surface area contributed by atoms with Crippen LogP contribution >= 0.6 is 15.9 Å². The average Bonchev–Trinajstić information content (AvgIpc) is 2.67. The average molecular weight is 327 g/mol. The Balaban J connectivity index is 2.35. The molecule has 0 N–H and O–H groups in total. The molecule has 0 aliphatic carbocycles. The monoisotopic (exact) mass is 326 g/mol. The number of likely N-dealkylation sites (tertiary alicyclic amines) is 1. The molecule has 6 heteroatoms. The summed E-state index contributed by atoms with van der Waals surface area (Å²) in [6, 6.07) is 4.72. The fourth-order valence-electron chi connectivity index (χ4n) is 2.56. The van der Waals surface area contributed by atoms with Crippen LogP contribution in [0.3, 0.4) is 0 Å². The van der Waals surface area contributed by atoms with E-state index in [-0.39, 0.29) is 22.1 Å². The zero-order chi connectivity index (χ0) is 14.2. The first kappa shape index (κ1) is 14.0. The molecule has 2 rings (SSSR count). The molecule has 2 atom stereocenters. The van der Waals surface area contributed by atoms with Crippen LogP contribution in [-0.4, -0.2) is 28.3 Å².